The van der Waals surface area contributed by atoms with Crippen LogP contribution in [0.15, 0.2) is 0 Å². The van der Waals surface area contributed by atoms with Crippen LogP contribution >= 0.6 is 0 Å². The van der Waals surface area contributed by atoms with Crippen molar-refractivity contribution in [2.24, 2.45) is 11.8 Å². The Kier molecular flexibility index (Phi) is 16.8. The third kappa shape index (κ3) is 12.6. The first kappa shape index (κ1) is 27.0. The van der Waals surface area contributed by atoms with Gasteiger partial charge in [0.15, 0.2) is 0 Å². The van der Waals surface area contributed by atoms with Gasteiger partial charge in [0.05, 0.1) is 25.0 Å². The second-order valence-electron chi connectivity index (χ2n) is 9.08. The lowest BCUT2D eigenvalue weighted by Gasteiger charge is -2.28. The minimum Gasteiger partial charge on any atom is -0.465 e. The molecule has 1 aliphatic rings. The fourth-order valence-electron chi connectivity index (χ4n) is 4.37. The first-order chi connectivity index (χ1) is 14.7. The molecule has 0 aromatic heterocycles. The van der Waals surface area contributed by atoms with E-state index in [0.717, 1.165) is 51.4 Å². The normalized spacial score (nSPS) is 18.9. The maximum atomic E-state index is 12.6. The van der Waals surface area contributed by atoms with Gasteiger partial charge in [-0.25, -0.2) is 0 Å². The molecule has 30 heavy (non-hydrogen) atoms. The maximum absolute atomic E-state index is 12.6. The average Bonchev–Trinajstić information content (AvgIpc) is 2.77. The van der Waals surface area contributed by atoms with Crippen LogP contribution in [0.25, 0.3) is 0 Å². The molecule has 1 rings (SSSR count). The quantitative estimate of drug-likeness (QED) is 0.170. The molecule has 0 N–H and O–H groups in total. The van der Waals surface area contributed by atoms with Gasteiger partial charge in [-0.1, -0.05) is 104 Å². The van der Waals surface area contributed by atoms with E-state index in [-0.39, 0.29) is 23.8 Å². The molecule has 2 unspecified atom stereocenters. The Hall–Kier alpha value is -1.06. The topological polar surface area (TPSA) is 52.6 Å². The number of hydrogen-bond donors (Lipinski definition) is 0. The second kappa shape index (κ2) is 18.7. The molecule has 4 heteroatoms. The zero-order chi connectivity index (χ0) is 21.9. The van der Waals surface area contributed by atoms with Crippen LogP contribution in [-0.4, -0.2) is 25.2 Å². The van der Waals surface area contributed by atoms with E-state index in [1.54, 1.807) is 0 Å². The molecule has 0 bridgehead atoms. The molecule has 2 atom stereocenters. The first-order valence-corrected chi connectivity index (χ1v) is 13.0. The summed E-state index contributed by atoms with van der Waals surface area (Å²) in [5, 5.41) is 0. The predicted octanol–water partition coefficient (Wildman–Crippen LogP) is 7.38. The highest BCUT2D eigenvalue weighted by atomic mass is 16.5. The molecule has 1 saturated carbocycles. The molecule has 0 aromatic rings. The Labute approximate surface area is 185 Å². The zero-order valence-electron chi connectivity index (χ0n) is 19.9. The molecular weight excluding hydrogens is 376 g/mol. The summed E-state index contributed by atoms with van der Waals surface area (Å²) in [6.45, 7) is 5.43. The van der Waals surface area contributed by atoms with Crippen LogP contribution in [0, 0.1) is 11.8 Å². The smallest absolute Gasteiger partial charge is 0.309 e. The molecule has 0 aromatic carbocycles. The van der Waals surface area contributed by atoms with Crippen LogP contribution in [0.3, 0.4) is 0 Å². The fourth-order valence-corrected chi connectivity index (χ4v) is 4.37. The van der Waals surface area contributed by atoms with Crippen molar-refractivity contribution in [2.45, 2.75) is 129 Å². The van der Waals surface area contributed by atoms with Gasteiger partial charge in [-0.3, -0.25) is 9.59 Å². The Morgan fingerprint density at radius 1 is 0.567 bits per heavy atom. The summed E-state index contributed by atoms with van der Waals surface area (Å²) < 4.78 is 11.1. The summed E-state index contributed by atoms with van der Waals surface area (Å²) in [6.07, 6.45) is 20.4. The van der Waals surface area contributed by atoms with Gasteiger partial charge >= 0.3 is 11.9 Å². The van der Waals surface area contributed by atoms with Crippen LogP contribution < -0.4 is 0 Å². The number of ether oxygens (including phenoxy) is 2. The summed E-state index contributed by atoms with van der Waals surface area (Å²) in [4.78, 5) is 25.1. The first-order valence-electron chi connectivity index (χ1n) is 13.0. The van der Waals surface area contributed by atoms with E-state index in [9.17, 15) is 9.59 Å². The second-order valence-corrected chi connectivity index (χ2v) is 9.08. The molecule has 4 nitrogen and oxygen atoms in total. The van der Waals surface area contributed by atoms with Crippen LogP contribution in [0.5, 0.6) is 0 Å². The van der Waals surface area contributed by atoms with Crippen molar-refractivity contribution in [3.8, 4) is 0 Å². The summed E-state index contributed by atoms with van der Waals surface area (Å²) >= 11 is 0. The van der Waals surface area contributed by atoms with Crippen molar-refractivity contribution in [3.63, 3.8) is 0 Å². The maximum Gasteiger partial charge on any atom is 0.309 e. The SMILES string of the molecule is CCCCCCCCCCOC(=O)C1CCCCC1C(=O)OCCCCCCCC. The molecule has 0 saturated heterocycles. The van der Waals surface area contributed by atoms with Crippen LogP contribution in [0.2, 0.25) is 0 Å². The average molecular weight is 425 g/mol. The van der Waals surface area contributed by atoms with Gasteiger partial charge in [-0.2, -0.15) is 0 Å². The van der Waals surface area contributed by atoms with Crippen molar-refractivity contribution in [1.29, 1.82) is 0 Å². The fraction of sp³-hybridized carbons (Fsp3) is 0.923. The molecule has 0 aliphatic heterocycles. The third-order valence-electron chi connectivity index (χ3n) is 6.36. The van der Waals surface area contributed by atoms with Crippen molar-refractivity contribution >= 4 is 11.9 Å². The van der Waals surface area contributed by atoms with E-state index < -0.39 is 0 Å². The standard InChI is InChI=1S/C26H48O4/c1-3-5-7-9-11-12-14-18-22-30-26(28)24-20-16-15-19-23(24)25(27)29-21-17-13-10-8-6-4-2/h23-24H,3-22H2,1-2H3. The molecular formula is C26H48O4. The zero-order valence-corrected chi connectivity index (χ0v) is 19.9. The molecule has 0 radical (unpaired) electrons. The number of hydrogen-bond acceptors (Lipinski definition) is 4. The lowest BCUT2D eigenvalue weighted by Crippen LogP contribution is -2.35. The van der Waals surface area contributed by atoms with E-state index in [1.165, 1.54) is 64.2 Å². The molecule has 176 valence electrons. The monoisotopic (exact) mass is 424 g/mol. The van der Waals surface area contributed by atoms with E-state index in [2.05, 4.69) is 13.8 Å². The van der Waals surface area contributed by atoms with Crippen molar-refractivity contribution in [2.75, 3.05) is 13.2 Å². The van der Waals surface area contributed by atoms with Gasteiger partial charge < -0.3 is 9.47 Å². The van der Waals surface area contributed by atoms with E-state index in [4.69, 9.17) is 9.47 Å². The number of rotatable bonds is 18. The van der Waals surface area contributed by atoms with Gasteiger partial charge in [0.25, 0.3) is 0 Å². The van der Waals surface area contributed by atoms with Gasteiger partial charge in [-0.05, 0) is 25.7 Å². The largest absolute Gasteiger partial charge is 0.465 e. The van der Waals surface area contributed by atoms with Gasteiger partial charge in [-0.15, -0.1) is 0 Å². The molecule has 0 heterocycles. The molecule has 0 spiro atoms. The Bertz CT molecular complexity index is 435. The number of unbranched alkanes of at least 4 members (excludes halogenated alkanes) is 12. The highest BCUT2D eigenvalue weighted by Gasteiger charge is 2.37. The summed E-state index contributed by atoms with van der Waals surface area (Å²) in [7, 11) is 0. The highest BCUT2D eigenvalue weighted by molar-refractivity contribution is 5.82. The van der Waals surface area contributed by atoms with Crippen molar-refractivity contribution in [3.05, 3.63) is 0 Å². The number of carbonyl (C=O) groups excluding carboxylic acids is 2. The predicted molar refractivity (Wildman–Crippen MR) is 123 cm³/mol. The summed E-state index contributed by atoms with van der Waals surface area (Å²) in [6, 6.07) is 0. The van der Waals surface area contributed by atoms with Gasteiger partial charge in [0, 0.05) is 0 Å². The lowest BCUT2D eigenvalue weighted by molar-refractivity contribution is -0.163. The van der Waals surface area contributed by atoms with E-state index in [1.807, 2.05) is 0 Å². The highest BCUT2D eigenvalue weighted by Crippen LogP contribution is 2.32. The van der Waals surface area contributed by atoms with Gasteiger partial charge in [0.1, 0.15) is 0 Å². The number of esters is 2. The van der Waals surface area contributed by atoms with Gasteiger partial charge in [0.2, 0.25) is 0 Å². The molecule has 1 fully saturated rings. The summed E-state index contributed by atoms with van der Waals surface area (Å²) in [5.41, 5.74) is 0. The number of carbonyl (C=O) groups is 2. The van der Waals surface area contributed by atoms with Crippen LogP contribution in [0.4, 0.5) is 0 Å². The van der Waals surface area contributed by atoms with Crippen LogP contribution in [-0.2, 0) is 19.1 Å². The lowest BCUT2D eigenvalue weighted by atomic mass is 9.79. The van der Waals surface area contributed by atoms with E-state index in [0.29, 0.717) is 13.2 Å². The minimum atomic E-state index is -0.301. The Morgan fingerprint density at radius 2 is 0.900 bits per heavy atom. The summed E-state index contributed by atoms with van der Waals surface area (Å²) in [5.74, 6) is -0.966. The minimum absolute atomic E-state index is 0.181. The van der Waals surface area contributed by atoms with Crippen LogP contribution in [0.1, 0.15) is 129 Å². The third-order valence-corrected chi connectivity index (χ3v) is 6.36. The van der Waals surface area contributed by atoms with Crippen molar-refractivity contribution < 1.29 is 19.1 Å². The molecule has 0 amide bonds. The van der Waals surface area contributed by atoms with E-state index >= 15 is 0 Å². The Morgan fingerprint density at radius 3 is 1.27 bits per heavy atom. The van der Waals surface area contributed by atoms with Crippen molar-refractivity contribution in [1.82, 2.24) is 0 Å². The Balaban J connectivity index is 2.18. The molecule has 1 aliphatic carbocycles.